The van der Waals surface area contributed by atoms with Gasteiger partial charge in [0.25, 0.3) is 0 Å². The summed E-state index contributed by atoms with van der Waals surface area (Å²) in [6.07, 6.45) is 0.981. The first-order valence-electron chi connectivity index (χ1n) is 10.7. The van der Waals surface area contributed by atoms with Gasteiger partial charge in [-0.3, -0.25) is 24.0 Å². The standard InChI is InChI=1S/C20H35N5O8S/c1-10(2)8-14(19(31)24-13(20(32)33)6-7-34-3)25-18(30)12(4-5-15(22)26)23-17(29)11(21)9-16(27)28/h10-14H,4-9,21H2,1-3H3,(H2,22,26)(H,23,29)(H,24,31)(H,25,30)(H,27,28)(H,32,33). The van der Waals surface area contributed by atoms with E-state index in [1.165, 1.54) is 11.8 Å². The molecule has 0 spiro atoms. The quantitative estimate of drug-likeness (QED) is 0.119. The number of carboxylic acid groups (broad SMARTS) is 2. The summed E-state index contributed by atoms with van der Waals surface area (Å²) >= 11 is 1.42. The number of nitrogens with two attached hydrogens (primary N) is 2. The lowest BCUT2D eigenvalue weighted by Crippen LogP contribution is -2.57. The number of rotatable bonds is 17. The molecule has 0 saturated carbocycles. The highest BCUT2D eigenvalue weighted by Gasteiger charge is 2.31. The fraction of sp³-hybridized carbons (Fsp3) is 0.700. The SMILES string of the molecule is CSCCC(NC(=O)C(CC(C)C)NC(=O)C(CCC(N)=O)NC(=O)C(N)CC(=O)O)C(=O)O. The molecule has 4 amide bonds. The van der Waals surface area contributed by atoms with Crippen LogP contribution in [0.1, 0.15) is 46.0 Å². The average molecular weight is 506 g/mol. The first-order chi connectivity index (χ1) is 15.8. The highest BCUT2D eigenvalue weighted by Crippen LogP contribution is 2.09. The molecule has 4 atom stereocenters. The third kappa shape index (κ3) is 13.0. The van der Waals surface area contributed by atoms with E-state index in [2.05, 4.69) is 16.0 Å². The Balaban J connectivity index is 5.54. The van der Waals surface area contributed by atoms with Gasteiger partial charge in [-0.25, -0.2) is 4.79 Å². The number of thioether (sulfide) groups is 1. The first kappa shape index (κ1) is 31.1. The number of carbonyl (C=O) groups is 6. The molecule has 0 saturated heterocycles. The number of amides is 4. The van der Waals surface area contributed by atoms with Crippen molar-refractivity contribution >= 4 is 47.3 Å². The number of carboxylic acids is 2. The van der Waals surface area contributed by atoms with E-state index in [9.17, 15) is 33.9 Å². The zero-order valence-corrected chi connectivity index (χ0v) is 20.4. The summed E-state index contributed by atoms with van der Waals surface area (Å²) in [4.78, 5) is 71.3. The molecular formula is C20H35N5O8S. The monoisotopic (exact) mass is 505 g/mol. The molecule has 0 aromatic carbocycles. The first-order valence-corrected chi connectivity index (χ1v) is 12.1. The van der Waals surface area contributed by atoms with Crippen molar-refractivity contribution in [2.24, 2.45) is 17.4 Å². The summed E-state index contributed by atoms with van der Waals surface area (Å²) in [5.74, 6) is -5.30. The predicted octanol–water partition coefficient (Wildman–Crippen LogP) is -1.61. The molecule has 14 heteroatoms. The van der Waals surface area contributed by atoms with Crippen LogP contribution >= 0.6 is 11.8 Å². The van der Waals surface area contributed by atoms with E-state index in [4.69, 9.17) is 16.6 Å². The van der Waals surface area contributed by atoms with Crippen LogP contribution in [0.3, 0.4) is 0 Å². The summed E-state index contributed by atoms with van der Waals surface area (Å²) < 4.78 is 0. The minimum Gasteiger partial charge on any atom is -0.481 e. The van der Waals surface area contributed by atoms with Gasteiger partial charge in [0.05, 0.1) is 12.5 Å². The Labute approximate surface area is 202 Å². The summed E-state index contributed by atoms with van der Waals surface area (Å²) in [5.41, 5.74) is 10.7. The normalized spacial score (nSPS) is 14.4. The predicted molar refractivity (Wildman–Crippen MR) is 125 cm³/mol. The van der Waals surface area contributed by atoms with Crippen LogP contribution in [0.25, 0.3) is 0 Å². The minimum absolute atomic E-state index is 0.0619. The summed E-state index contributed by atoms with van der Waals surface area (Å²) in [6.45, 7) is 3.60. The van der Waals surface area contributed by atoms with Crippen molar-refractivity contribution in [2.75, 3.05) is 12.0 Å². The zero-order chi connectivity index (χ0) is 26.4. The van der Waals surface area contributed by atoms with Gasteiger partial charge in [-0.1, -0.05) is 13.8 Å². The van der Waals surface area contributed by atoms with Crippen LogP contribution in [-0.2, 0) is 28.8 Å². The Kier molecular flexibility index (Phi) is 14.5. The van der Waals surface area contributed by atoms with Crippen molar-refractivity contribution in [3.63, 3.8) is 0 Å². The molecule has 0 radical (unpaired) electrons. The molecule has 9 N–H and O–H groups in total. The molecule has 0 rings (SSSR count). The Morgan fingerprint density at radius 2 is 1.38 bits per heavy atom. The van der Waals surface area contributed by atoms with Gasteiger partial charge in [-0.2, -0.15) is 11.8 Å². The van der Waals surface area contributed by atoms with Crippen LogP contribution in [0.5, 0.6) is 0 Å². The third-order valence-corrected chi connectivity index (χ3v) is 5.25. The van der Waals surface area contributed by atoms with Gasteiger partial charge < -0.3 is 37.6 Å². The van der Waals surface area contributed by atoms with Crippen LogP contribution in [0.2, 0.25) is 0 Å². The van der Waals surface area contributed by atoms with E-state index in [1.54, 1.807) is 20.1 Å². The average Bonchev–Trinajstić information content (AvgIpc) is 2.71. The Hall–Kier alpha value is -2.87. The molecular weight excluding hydrogens is 470 g/mol. The van der Waals surface area contributed by atoms with E-state index in [0.717, 1.165) is 0 Å². The van der Waals surface area contributed by atoms with Crippen molar-refractivity contribution in [2.45, 2.75) is 70.1 Å². The molecule has 0 heterocycles. The van der Waals surface area contributed by atoms with Crippen LogP contribution in [0.4, 0.5) is 0 Å². The molecule has 194 valence electrons. The maximum absolute atomic E-state index is 12.9. The van der Waals surface area contributed by atoms with Gasteiger partial charge >= 0.3 is 11.9 Å². The fourth-order valence-corrected chi connectivity index (χ4v) is 3.33. The second-order valence-corrected chi connectivity index (χ2v) is 9.13. The molecule has 0 aliphatic heterocycles. The van der Waals surface area contributed by atoms with Crippen LogP contribution in [0, 0.1) is 5.92 Å². The minimum atomic E-state index is -1.44. The van der Waals surface area contributed by atoms with Gasteiger partial charge in [-0.15, -0.1) is 0 Å². The van der Waals surface area contributed by atoms with Gasteiger partial charge in [0.1, 0.15) is 18.1 Å². The molecule has 4 unspecified atom stereocenters. The van der Waals surface area contributed by atoms with Crippen molar-refractivity contribution in [3.8, 4) is 0 Å². The highest BCUT2D eigenvalue weighted by atomic mass is 32.2. The van der Waals surface area contributed by atoms with Gasteiger partial charge in [0, 0.05) is 6.42 Å². The Morgan fingerprint density at radius 1 is 0.853 bits per heavy atom. The van der Waals surface area contributed by atoms with Gasteiger partial charge in [0.15, 0.2) is 0 Å². The smallest absolute Gasteiger partial charge is 0.326 e. The number of aliphatic carboxylic acids is 2. The Bertz CT molecular complexity index is 748. The third-order valence-electron chi connectivity index (χ3n) is 4.61. The lowest BCUT2D eigenvalue weighted by Gasteiger charge is -2.26. The van der Waals surface area contributed by atoms with Crippen molar-refractivity contribution in [1.82, 2.24) is 16.0 Å². The van der Waals surface area contributed by atoms with Gasteiger partial charge in [-0.05, 0) is 37.2 Å². The summed E-state index contributed by atoms with van der Waals surface area (Å²) in [6, 6.07) is -5.03. The molecule has 0 aromatic heterocycles. The maximum Gasteiger partial charge on any atom is 0.326 e. The number of primary amides is 1. The van der Waals surface area contributed by atoms with E-state index >= 15 is 0 Å². The van der Waals surface area contributed by atoms with Crippen molar-refractivity contribution in [1.29, 1.82) is 0 Å². The van der Waals surface area contributed by atoms with E-state index in [1.807, 2.05) is 0 Å². The van der Waals surface area contributed by atoms with Crippen LogP contribution in [0.15, 0.2) is 0 Å². The summed E-state index contributed by atoms with van der Waals surface area (Å²) in [5, 5.41) is 25.3. The molecule has 0 bridgehead atoms. The second-order valence-electron chi connectivity index (χ2n) is 8.14. The topological polar surface area (TPSA) is 231 Å². The Morgan fingerprint density at radius 3 is 1.85 bits per heavy atom. The van der Waals surface area contributed by atoms with Gasteiger partial charge in [0.2, 0.25) is 23.6 Å². The van der Waals surface area contributed by atoms with E-state index in [-0.39, 0.29) is 31.6 Å². The number of hydrogen-bond donors (Lipinski definition) is 7. The molecule has 0 fully saturated rings. The largest absolute Gasteiger partial charge is 0.481 e. The molecule has 34 heavy (non-hydrogen) atoms. The van der Waals surface area contributed by atoms with E-state index in [0.29, 0.717) is 5.75 Å². The number of nitrogens with one attached hydrogen (secondary N) is 3. The lowest BCUT2D eigenvalue weighted by atomic mass is 10.0. The van der Waals surface area contributed by atoms with Crippen LogP contribution < -0.4 is 27.4 Å². The molecule has 0 aliphatic carbocycles. The van der Waals surface area contributed by atoms with E-state index < -0.39 is 66.2 Å². The van der Waals surface area contributed by atoms with Crippen LogP contribution in [-0.4, -0.2) is 82.0 Å². The molecule has 0 aliphatic rings. The summed E-state index contributed by atoms with van der Waals surface area (Å²) in [7, 11) is 0. The highest BCUT2D eigenvalue weighted by molar-refractivity contribution is 7.98. The van der Waals surface area contributed by atoms with Crippen molar-refractivity contribution in [3.05, 3.63) is 0 Å². The molecule has 13 nitrogen and oxygen atoms in total. The number of hydrogen-bond acceptors (Lipinski definition) is 8. The lowest BCUT2D eigenvalue weighted by molar-refractivity contribution is -0.142. The molecule has 0 aromatic rings. The number of carbonyl (C=O) groups excluding carboxylic acids is 4. The maximum atomic E-state index is 12.9. The fourth-order valence-electron chi connectivity index (χ4n) is 2.86. The van der Waals surface area contributed by atoms with Crippen molar-refractivity contribution < 1.29 is 39.0 Å². The zero-order valence-electron chi connectivity index (χ0n) is 19.5. The second kappa shape index (κ2) is 15.9.